The zero-order valence-corrected chi connectivity index (χ0v) is 8.65. The molecule has 0 bridgehead atoms. The number of benzene rings is 1. The van der Waals surface area contributed by atoms with Gasteiger partial charge in [-0.05, 0) is 17.5 Å². The van der Waals surface area contributed by atoms with E-state index < -0.39 is 0 Å². The lowest BCUT2D eigenvalue weighted by Gasteiger charge is -2.05. The quantitative estimate of drug-likeness (QED) is 0.712. The average Bonchev–Trinajstić information content (AvgIpc) is 2.53. The average molecular weight is 212 g/mol. The number of rotatable bonds is 1. The molecule has 1 aromatic carbocycles. The maximum atomic E-state index is 9.54. The number of fused-ring (bicyclic) bond motifs is 1. The van der Waals surface area contributed by atoms with Gasteiger partial charge in [-0.1, -0.05) is 0 Å². The van der Waals surface area contributed by atoms with Crippen molar-refractivity contribution < 1.29 is 9.84 Å². The van der Waals surface area contributed by atoms with Gasteiger partial charge in [-0.2, -0.15) is 0 Å². The van der Waals surface area contributed by atoms with Gasteiger partial charge in [0, 0.05) is 10.3 Å². The Morgan fingerprint density at radius 2 is 2.31 bits per heavy atom. The van der Waals surface area contributed by atoms with Crippen molar-refractivity contribution in [2.45, 2.75) is 4.90 Å². The molecule has 0 unspecified atom stereocenters. The highest BCUT2D eigenvalue weighted by atomic mass is 32.1. The van der Waals surface area contributed by atoms with E-state index >= 15 is 0 Å². The number of methoxy groups -OCH3 is 1. The SMILES string of the molecule is COc1c(O)cc(S)c2ccsc12. The molecule has 13 heavy (non-hydrogen) atoms. The number of aromatic hydroxyl groups is 1. The Kier molecular flexibility index (Phi) is 2.09. The van der Waals surface area contributed by atoms with Crippen molar-refractivity contribution in [3.8, 4) is 11.5 Å². The van der Waals surface area contributed by atoms with Crippen LogP contribution in [0.15, 0.2) is 22.4 Å². The van der Waals surface area contributed by atoms with Gasteiger partial charge in [0.15, 0.2) is 11.5 Å². The molecular formula is C9H8O2S2. The summed E-state index contributed by atoms with van der Waals surface area (Å²) in [6.45, 7) is 0. The van der Waals surface area contributed by atoms with Crippen LogP contribution >= 0.6 is 24.0 Å². The summed E-state index contributed by atoms with van der Waals surface area (Å²) >= 11 is 5.80. The van der Waals surface area contributed by atoms with E-state index in [1.807, 2.05) is 11.4 Å². The molecular weight excluding hydrogens is 204 g/mol. The smallest absolute Gasteiger partial charge is 0.178 e. The van der Waals surface area contributed by atoms with Gasteiger partial charge in [0.25, 0.3) is 0 Å². The molecule has 0 spiro atoms. The first-order valence-electron chi connectivity index (χ1n) is 3.70. The van der Waals surface area contributed by atoms with Crippen LogP contribution in [0, 0.1) is 0 Å². The minimum atomic E-state index is 0.141. The maximum Gasteiger partial charge on any atom is 0.178 e. The molecule has 0 fully saturated rings. The van der Waals surface area contributed by atoms with Gasteiger partial charge in [0.05, 0.1) is 11.8 Å². The van der Waals surface area contributed by atoms with E-state index in [1.165, 1.54) is 11.3 Å². The van der Waals surface area contributed by atoms with E-state index in [9.17, 15) is 5.11 Å². The summed E-state index contributed by atoms with van der Waals surface area (Å²) in [6, 6.07) is 3.56. The Labute approximate surface area is 85.2 Å². The zero-order valence-electron chi connectivity index (χ0n) is 6.94. The number of ether oxygens (including phenoxy) is 1. The zero-order chi connectivity index (χ0) is 9.42. The highest BCUT2D eigenvalue weighted by molar-refractivity contribution is 7.80. The highest BCUT2D eigenvalue weighted by Gasteiger charge is 2.10. The first-order valence-corrected chi connectivity index (χ1v) is 5.03. The van der Waals surface area contributed by atoms with Crippen LogP contribution in [0.25, 0.3) is 10.1 Å². The minimum Gasteiger partial charge on any atom is -0.504 e. The molecule has 1 heterocycles. The molecule has 2 aromatic rings. The third kappa shape index (κ3) is 1.26. The molecule has 0 aliphatic rings. The van der Waals surface area contributed by atoms with Crippen molar-refractivity contribution in [2.24, 2.45) is 0 Å². The summed E-state index contributed by atoms with van der Waals surface area (Å²) in [5, 5.41) is 12.5. The number of hydrogen-bond donors (Lipinski definition) is 2. The Morgan fingerprint density at radius 3 is 3.00 bits per heavy atom. The van der Waals surface area contributed by atoms with Crippen LogP contribution in [-0.4, -0.2) is 12.2 Å². The van der Waals surface area contributed by atoms with E-state index in [-0.39, 0.29) is 5.75 Å². The molecule has 2 rings (SSSR count). The van der Waals surface area contributed by atoms with Crippen LogP contribution in [0.5, 0.6) is 11.5 Å². The van der Waals surface area contributed by atoms with Gasteiger partial charge < -0.3 is 9.84 Å². The summed E-state index contributed by atoms with van der Waals surface area (Å²) in [5.41, 5.74) is 0. The van der Waals surface area contributed by atoms with Crippen molar-refractivity contribution in [3.63, 3.8) is 0 Å². The Hall–Kier alpha value is -0.870. The van der Waals surface area contributed by atoms with Gasteiger partial charge in [0.2, 0.25) is 0 Å². The topological polar surface area (TPSA) is 29.5 Å². The van der Waals surface area contributed by atoms with Gasteiger partial charge in [-0.3, -0.25) is 0 Å². The van der Waals surface area contributed by atoms with E-state index in [4.69, 9.17) is 4.74 Å². The van der Waals surface area contributed by atoms with Crippen molar-refractivity contribution in [1.29, 1.82) is 0 Å². The van der Waals surface area contributed by atoms with Crippen LogP contribution in [0.4, 0.5) is 0 Å². The third-order valence-corrected chi connectivity index (χ3v) is 3.14. The first-order chi connectivity index (χ1) is 6.24. The van der Waals surface area contributed by atoms with E-state index in [1.54, 1.807) is 13.2 Å². The maximum absolute atomic E-state index is 9.54. The van der Waals surface area contributed by atoms with Crippen LogP contribution in [0.1, 0.15) is 0 Å². The lowest BCUT2D eigenvalue weighted by Crippen LogP contribution is -1.84. The van der Waals surface area contributed by atoms with Gasteiger partial charge in [-0.25, -0.2) is 0 Å². The fourth-order valence-corrected chi connectivity index (χ4v) is 2.60. The summed E-state index contributed by atoms with van der Waals surface area (Å²) in [6.07, 6.45) is 0. The summed E-state index contributed by atoms with van der Waals surface area (Å²) in [7, 11) is 1.55. The third-order valence-electron chi connectivity index (χ3n) is 1.86. The molecule has 0 amide bonds. The molecule has 0 radical (unpaired) electrons. The number of thiophene rings is 1. The van der Waals surface area contributed by atoms with Crippen molar-refractivity contribution in [3.05, 3.63) is 17.5 Å². The molecule has 2 nitrogen and oxygen atoms in total. The largest absolute Gasteiger partial charge is 0.504 e. The number of phenolic OH excluding ortho intramolecular Hbond substituents is 1. The van der Waals surface area contributed by atoms with E-state index in [0.717, 1.165) is 15.0 Å². The van der Waals surface area contributed by atoms with Crippen molar-refractivity contribution >= 4 is 34.1 Å². The minimum absolute atomic E-state index is 0.141. The number of hydrogen-bond acceptors (Lipinski definition) is 4. The molecule has 0 atom stereocenters. The van der Waals surface area contributed by atoms with Gasteiger partial charge >= 0.3 is 0 Å². The second kappa shape index (κ2) is 3.12. The Morgan fingerprint density at radius 1 is 1.54 bits per heavy atom. The molecule has 0 aliphatic heterocycles. The monoisotopic (exact) mass is 212 g/mol. The van der Waals surface area contributed by atoms with E-state index in [0.29, 0.717) is 5.75 Å². The molecule has 0 aliphatic carbocycles. The van der Waals surface area contributed by atoms with Crippen LogP contribution < -0.4 is 4.74 Å². The lowest BCUT2D eigenvalue weighted by atomic mass is 10.2. The molecule has 1 aromatic heterocycles. The van der Waals surface area contributed by atoms with E-state index in [2.05, 4.69) is 12.6 Å². The molecule has 0 saturated heterocycles. The predicted molar refractivity (Wildman–Crippen MR) is 57.3 cm³/mol. The number of thiol groups is 1. The molecule has 68 valence electrons. The van der Waals surface area contributed by atoms with Crippen LogP contribution in [0.2, 0.25) is 0 Å². The predicted octanol–water partition coefficient (Wildman–Crippen LogP) is 2.90. The summed E-state index contributed by atoms with van der Waals surface area (Å²) in [4.78, 5) is 0.773. The summed E-state index contributed by atoms with van der Waals surface area (Å²) in [5.74, 6) is 0.672. The standard InChI is InChI=1S/C9H8O2S2/c1-11-8-6(10)4-7(12)5-2-3-13-9(5)8/h2-4,10,12H,1H3. The van der Waals surface area contributed by atoms with Crippen LogP contribution in [-0.2, 0) is 0 Å². The summed E-state index contributed by atoms with van der Waals surface area (Å²) < 4.78 is 6.04. The first kappa shape index (κ1) is 8.72. The van der Waals surface area contributed by atoms with Gasteiger partial charge in [0.1, 0.15) is 0 Å². The Balaban J connectivity index is 2.88. The highest BCUT2D eigenvalue weighted by Crippen LogP contribution is 2.41. The molecule has 1 N–H and O–H groups in total. The second-order valence-electron chi connectivity index (χ2n) is 2.61. The fourth-order valence-electron chi connectivity index (χ4n) is 1.27. The van der Waals surface area contributed by atoms with Crippen molar-refractivity contribution in [2.75, 3.05) is 7.11 Å². The second-order valence-corrected chi connectivity index (χ2v) is 4.01. The van der Waals surface area contributed by atoms with Gasteiger partial charge in [-0.15, -0.1) is 24.0 Å². The normalized spacial score (nSPS) is 10.6. The van der Waals surface area contributed by atoms with Crippen molar-refractivity contribution in [1.82, 2.24) is 0 Å². The van der Waals surface area contributed by atoms with Crippen LogP contribution in [0.3, 0.4) is 0 Å². The molecule has 4 heteroatoms. The number of phenols is 1. The lowest BCUT2D eigenvalue weighted by molar-refractivity contribution is 0.378. The molecule has 0 saturated carbocycles. The fraction of sp³-hybridized carbons (Fsp3) is 0.111. The Bertz CT molecular complexity index is 448.